The average molecular weight is 238 g/mol. The molecule has 5 nitrogen and oxygen atoms in total. The van der Waals surface area contributed by atoms with E-state index in [1.54, 1.807) is 25.3 Å². The third-order valence-corrected chi connectivity index (χ3v) is 2.28. The lowest BCUT2D eigenvalue weighted by Gasteiger charge is -2.16. The highest BCUT2D eigenvalue weighted by molar-refractivity contribution is 5.96. The van der Waals surface area contributed by atoms with Gasteiger partial charge in [-0.2, -0.15) is 0 Å². The number of carbonyl (C=O) groups is 1. The molecule has 2 atom stereocenters. The summed E-state index contributed by atoms with van der Waals surface area (Å²) in [6.45, 7) is 3.53. The van der Waals surface area contributed by atoms with Crippen LogP contribution in [-0.4, -0.2) is 35.3 Å². The molecule has 0 spiro atoms. The molecule has 1 aromatic rings. The second kappa shape index (κ2) is 6.20. The molecule has 2 N–H and O–H groups in total. The quantitative estimate of drug-likeness (QED) is 0.802. The minimum Gasteiger partial charge on any atom is -0.480 e. The Morgan fingerprint density at radius 2 is 2.29 bits per heavy atom. The van der Waals surface area contributed by atoms with Gasteiger partial charge in [-0.1, -0.05) is 0 Å². The summed E-state index contributed by atoms with van der Waals surface area (Å²) in [5.41, 5.74) is 0.396. The SMILES string of the molecule is COc1ncccc1C(=O)NC(C)CC(C)O. The van der Waals surface area contributed by atoms with Crippen molar-refractivity contribution in [3.05, 3.63) is 23.9 Å². The van der Waals surface area contributed by atoms with Crippen LogP contribution in [0.5, 0.6) is 5.88 Å². The highest BCUT2D eigenvalue weighted by Gasteiger charge is 2.15. The van der Waals surface area contributed by atoms with E-state index < -0.39 is 6.10 Å². The molecule has 0 radical (unpaired) electrons. The Morgan fingerprint density at radius 1 is 1.59 bits per heavy atom. The Hall–Kier alpha value is -1.62. The summed E-state index contributed by atoms with van der Waals surface area (Å²) in [7, 11) is 1.47. The molecule has 0 bridgehead atoms. The van der Waals surface area contributed by atoms with Crippen LogP contribution < -0.4 is 10.1 Å². The summed E-state index contributed by atoms with van der Waals surface area (Å²) >= 11 is 0. The van der Waals surface area contributed by atoms with E-state index in [-0.39, 0.29) is 11.9 Å². The van der Waals surface area contributed by atoms with Gasteiger partial charge >= 0.3 is 0 Å². The van der Waals surface area contributed by atoms with Crippen molar-refractivity contribution in [1.29, 1.82) is 0 Å². The van der Waals surface area contributed by atoms with E-state index in [2.05, 4.69) is 10.3 Å². The van der Waals surface area contributed by atoms with Crippen LogP contribution in [0.3, 0.4) is 0 Å². The minimum atomic E-state index is -0.443. The Balaban J connectivity index is 2.69. The number of aliphatic hydroxyl groups excluding tert-OH is 1. The molecule has 0 aromatic carbocycles. The van der Waals surface area contributed by atoms with Gasteiger partial charge in [-0.3, -0.25) is 4.79 Å². The number of hydrogen-bond acceptors (Lipinski definition) is 4. The number of rotatable bonds is 5. The maximum atomic E-state index is 11.9. The second-order valence-electron chi connectivity index (χ2n) is 4.02. The fourth-order valence-electron chi connectivity index (χ4n) is 1.60. The Kier molecular flexibility index (Phi) is 4.90. The molecular formula is C12H18N2O3. The first-order chi connectivity index (χ1) is 8.04. The second-order valence-corrected chi connectivity index (χ2v) is 4.02. The van der Waals surface area contributed by atoms with E-state index in [1.165, 1.54) is 7.11 Å². The third-order valence-electron chi connectivity index (χ3n) is 2.28. The van der Waals surface area contributed by atoms with Crippen LogP contribution in [0.25, 0.3) is 0 Å². The van der Waals surface area contributed by atoms with Crippen molar-refractivity contribution in [2.24, 2.45) is 0 Å². The number of methoxy groups -OCH3 is 1. The van der Waals surface area contributed by atoms with Crippen LogP contribution in [-0.2, 0) is 0 Å². The summed E-state index contributed by atoms with van der Waals surface area (Å²) in [5, 5.41) is 12.0. The molecule has 0 saturated heterocycles. The van der Waals surface area contributed by atoms with E-state index in [0.717, 1.165) is 0 Å². The van der Waals surface area contributed by atoms with Crippen LogP contribution in [0.4, 0.5) is 0 Å². The number of ether oxygens (including phenoxy) is 1. The lowest BCUT2D eigenvalue weighted by Crippen LogP contribution is -2.34. The summed E-state index contributed by atoms with van der Waals surface area (Å²) in [6, 6.07) is 3.22. The zero-order valence-electron chi connectivity index (χ0n) is 10.3. The van der Waals surface area contributed by atoms with Crippen molar-refractivity contribution in [1.82, 2.24) is 10.3 Å². The van der Waals surface area contributed by atoms with Crippen LogP contribution >= 0.6 is 0 Å². The minimum absolute atomic E-state index is 0.104. The molecule has 0 saturated carbocycles. The smallest absolute Gasteiger partial charge is 0.256 e. The molecular weight excluding hydrogens is 220 g/mol. The average Bonchev–Trinajstić information content (AvgIpc) is 2.27. The molecule has 0 aliphatic rings. The summed E-state index contributed by atoms with van der Waals surface area (Å²) < 4.78 is 5.01. The number of hydrogen-bond donors (Lipinski definition) is 2. The monoisotopic (exact) mass is 238 g/mol. The van der Waals surface area contributed by atoms with Crippen LogP contribution in [0.2, 0.25) is 0 Å². The maximum Gasteiger partial charge on any atom is 0.256 e. The molecule has 5 heteroatoms. The lowest BCUT2D eigenvalue weighted by molar-refractivity contribution is 0.0919. The molecule has 0 aliphatic carbocycles. The highest BCUT2D eigenvalue weighted by Crippen LogP contribution is 2.13. The van der Waals surface area contributed by atoms with Gasteiger partial charge in [0.15, 0.2) is 0 Å². The summed E-state index contributed by atoms with van der Waals surface area (Å²) in [5.74, 6) is 0.0531. The predicted molar refractivity (Wildman–Crippen MR) is 64.0 cm³/mol. The molecule has 0 fully saturated rings. The Morgan fingerprint density at radius 3 is 2.88 bits per heavy atom. The van der Waals surface area contributed by atoms with Crippen LogP contribution in [0.15, 0.2) is 18.3 Å². The predicted octanol–water partition coefficient (Wildman–Crippen LogP) is 0.979. The normalized spacial score (nSPS) is 13.9. The fourth-order valence-corrected chi connectivity index (χ4v) is 1.60. The van der Waals surface area contributed by atoms with E-state index in [0.29, 0.717) is 17.9 Å². The molecule has 94 valence electrons. The number of aliphatic hydroxyl groups is 1. The van der Waals surface area contributed by atoms with Gasteiger partial charge in [-0.15, -0.1) is 0 Å². The van der Waals surface area contributed by atoms with Gasteiger partial charge in [0.25, 0.3) is 5.91 Å². The summed E-state index contributed by atoms with van der Waals surface area (Å²) in [6.07, 6.45) is 1.63. The van der Waals surface area contributed by atoms with Crippen LogP contribution in [0.1, 0.15) is 30.6 Å². The fraction of sp³-hybridized carbons (Fsp3) is 0.500. The molecule has 17 heavy (non-hydrogen) atoms. The van der Waals surface area contributed by atoms with Gasteiger partial charge in [-0.05, 0) is 32.4 Å². The topological polar surface area (TPSA) is 71.5 Å². The van der Waals surface area contributed by atoms with Gasteiger partial charge in [0.2, 0.25) is 5.88 Å². The molecule has 0 aliphatic heterocycles. The van der Waals surface area contributed by atoms with E-state index >= 15 is 0 Å². The first-order valence-corrected chi connectivity index (χ1v) is 5.52. The largest absolute Gasteiger partial charge is 0.480 e. The van der Waals surface area contributed by atoms with Gasteiger partial charge in [0, 0.05) is 12.2 Å². The van der Waals surface area contributed by atoms with Crippen LogP contribution in [0, 0.1) is 0 Å². The maximum absolute atomic E-state index is 11.9. The number of aromatic nitrogens is 1. The van der Waals surface area contributed by atoms with Crippen molar-refractivity contribution in [3.63, 3.8) is 0 Å². The summed E-state index contributed by atoms with van der Waals surface area (Å²) in [4.78, 5) is 15.9. The van der Waals surface area contributed by atoms with E-state index in [1.807, 2.05) is 6.92 Å². The highest BCUT2D eigenvalue weighted by atomic mass is 16.5. The Labute approximate surface area is 101 Å². The van der Waals surface area contributed by atoms with Crippen molar-refractivity contribution >= 4 is 5.91 Å². The zero-order valence-corrected chi connectivity index (χ0v) is 10.3. The third kappa shape index (κ3) is 4.03. The van der Waals surface area contributed by atoms with Gasteiger partial charge < -0.3 is 15.2 Å². The molecule has 1 aromatic heterocycles. The molecule has 1 heterocycles. The van der Waals surface area contributed by atoms with E-state index in [4.69, 9.17) is 4.74 Å². The van der Waals surface area contributed by atoms with Gasteiger partial charge in [0.05, 0.1) is 13.2 Å². The molecule has 1 rings (SSSR count). The number of carbonyl (C=O) groups excluding carboxylic acids is 1. The molecule has 1 amide bonds. The van der Waals surface area contributed by atoms with Gasteiger partial charge in [0.1, 0.15) is 5.56 Å². The first-order valence-electron chi connectivity index (χ1n) is 5.52. The lowest BCUT2D eigenvalue weighted by atomic mass is 10.1. The van der Waals surface area contributed by atoms with Crippen molar-refractivity contribution in [2.75, 3.05) is 7.11 Å². The number of nitrogens with one attached hydrogen (secondary N) is 1. The van der Waals surface area contributed by atoms with Crippen molar-refractivity contribution < 1.29 is 14.6 Å². The molecule has 2 unspecified atom stereocenters. The van der Waals surface area contributed by atoms with E-state index in [9.17, 15) is 9.90 Å². The number of nitrogens with zero attached hydrogens (tertiary/aromatic N) is 1. The number of amides is 1. The van der Waals surface area contributed by atoms with Crippen molar-refractivity contribution in [3.8, 4) is 5.88 Å². The Bertz CT molecular complexity index is 380. The zero-order chi connectivity index (χ0) is 12.8. The number of pyridine rings is 1. The van der Waals surface area contributed by atoms with Crippen molar-refractivity contribution in [2.45, 2.75) is 32.4 Å². The van der Waals surface area contributed by atoms with Gasteiger partial charge in [-0.25, -0.2) is 4.98 Å². The first kappa shape index (κ1) is 13.4. The standard InChI is InChI=1S/C12H18N2O3/c1-8(7-9(2)15)14-11(16)10-5-4-6-13-12(10)17-3/h4-6,8-9,15H,7H2,1-3H3,(H,14,16).